The monoisotopic (exact) mass is 377 g/mol. The van der Waals surface area contributed by atoms with Crippen molar-refractivity contribution >= 4 is 7.82 Å². The van der Waals surface area contributed by atoms with Gasteiger partial charge in [0, 0.05) is 25.8 Å². The van der Waals surface area contributed by atoms with Gasteiger partial charge >= 0.3 is 7.82 Å². The van der Waals surface area contributed by atoms with Gasteiger partial charge in [0.1, 0.15) is 36.0 Å². The van der Waals surface area contributed by atoms with Crippen LogP contribution in [0.2, 0.25) is 0 Å². The first-order valence-corrected chi connectivity index (χ1v) is 8.60. The predicted molar refractivity (Wildman–Crippen MR) is 82.4 cm³/mol. The van der Waals surface area contributed by atoms with Gasteiger partial charge in [-0.25, -0.2) is 23.0 Å². The van der Waals surface area contributed by atoms with Crippen LogP contribution in [0, 0.1) is 11.6 Å². The van der Waals surface area contributed by atoms with Gasteiger partial charge < -0.3 is 5.11 Å². The molecule has 1 N–H and O–H groups in total. The number of aliphatic hydroxyl groups is 1. The van der Waals surface area contributed by atoms with E-state index in [-0.39, 0.29) is 12.1 Å². The highest BCUT2D eigenvalue weighted by Gasteiger charge is 2.43. The summed E-state index contributed by atoms with van der Waals surface area (Å²) in [6.07, 6.45) is 1.25. The highest BCUT2D eigenvalue weighted by atomic mass is 31.2. The van der Waals surface area contributed by atoms with Crippen molar-refractivity contribution < 1.29 is 32.0 Å². The first-order chi connectivity index (χ1) is 11.7. The van der Waals surface area contributed by atoms with Gasteiger partial charge in [0.05, 0.1) is 6.54 Å². The zero-order valence-corrected chi connectivity index (χ0v) is 14.7. The van der Waals surface area contributed by atoms with Crippen molar-refractivity contribution in [1.82, 2.24) is 14.8 Å². The molecule has 8 nitrogen and oxygen atoms in total. The Morgan fingerprint density at radius 3 is 2.56 bits per heavy atom. The van der Waals surface area contributed by atoms with Crippen LogP contribution < -0.4 is 0 Å². The Morgan fingerprint density at radius 2 is 2.04 bits per heavy atom. The second-order valence-electron chi connectivity index (χ2n) is 5.20. The summed E-state index contributed by atoms with van der Waals surface area (Å²) in [5.74, 6) is -1.81. The Balaban J connectivity index is 2.46. The van der Waals surface area contributed by atoms with Gasteiger partial charge in [-0.2, -0.15) is 5.10 Å². The Hall–Kier alpha value is -1.71. The summed E-state index contributed by atoms with van der Waals surface area (Å²) in [6, 6.07) is 2.69. The van der Waals surface area contributed by atoms with Crippen molar-refractivity contribution in [2.75, 3.05) is 14.2 Å². The molecule has 25 heavy (non-hydrogen) atoms. The lowest BCUT2D eigenvalue weighted by molar-refractivity contribution is -0.0863. The van der Waals surface area contributed by atoms with Gasteiger partial charge in [0.2, 0.25) is 0 Å². The summed E-state index contributed by atoms with van der Waals surface area (Å²) >= 11 is 0. The minimum absolute atomic E-state index is 0.268. The molecule has 138 valence electrons. The number of benzene rings is 1. The minimum Gasteiger partial charge on any atom is -0.380 e. The molecule has 0 spiro atoms. The second-order valence-corrected chi connectivity index (χ2v) is 7.04. The van der Waals surface area contributed by atoms with Gasteiger partial charge in [0.25, 0.3) is 0 Å². The largest absolute Gasteiger partial charge is 0.474 e. The molecule has 1 aromatic heterocycles. The molecule has 0 saturated heterocycles. The van der Waals surface area contributed by atoms with Crippen LogP contribution >= 0.6 is 7.82 Å². The molecule has 0 saturated carbocycles. The molecule has 0 amide bonds. The zero-order valence-electron chi connectivity index (χ0n) is 13.8. The maximum absolute atomic E-state index is 14.3. The Labute approximate surface area is 143 Å². The topological polar surface area (TPSA) is 95.7 Å². The minimum atomic E-state index is -3.97. The van der Waals surface area contributed by atoms with Crippen molar-refractivity contribution in [1.29, 1.82) is 0 Å². The van der Waals surface area contributed by atoms with E-state index in [2.05, 4.69) is 19.1 Å². The third-order valence-corrected chi connectivity index (χ3v) is 5.14. The maximum Gasteiger partial charge on any atom is 0.474 e. The van der Waals surface area contributed by atoms with Crippen LogP contribution in [0.5, 0.6) is 0 Å². The fraction of sp³-hybridized carbons (Fsp3) is 0.429. The molecule has 0 aliphatic rings. The summed E-state index contributed by atoms with van der Waals surface area (Å²) in [5.41, 5.74) is -2.34. The van der Waals surface area contributed by atoms with E-state index in [1.165, 1.54) is 24.3 Å². The number of hydrogen-bond donors (Lipinski definition) is 1. The number of nitrogens with zero attached hydrogens (tertiary/aromatic N) is 3. The zero-order chi connectivity index (χ0) is 18.7. The standard InChI is InChI=1S/C14H18F2N3O5P/c1-10(24-25(21,22-2)23-3)14(20,7-19-9-17-8-18-19)12-5-4-11(15)6-13(12)16/h4-6,8-10,20H,7H2,1-3H3/t10-,14-/m1/s1. The van der Waals surface area contributed by atoms with Gasteiger partial charge in [-0.15, -0.1) is 0 Å². The van der Waals surface area contributed by atoms with Crippen molar-refractivity contribution in [3.8, 4) is 0 Å². The molecule has 2 atom stereocenters. The molecule has 11 heteroatoms. The summed E-state index contributed by atoms with van der Waals surface area (Å²) < 4.78 is 55.6. The number of halogens is 2. The molecule has 0 aliphatic heterocycles. The summed E-state index contributed by atoms with van der Waals surface area (Å²) in [7, 11) is -1.76. The lowest BCUT2D eigenvalue weighted by atomic mass is 9.88. The highest BCUT2D eigenvalue weighted by molar-refractivity contribution is 7.48. The average molecular weight is 377 g/mol. The number of phosphoric acid groups is 1. The van der Waals surface area contributed by atoms with E-state index in [1.54, 1.807) is 0 Å². The van der Waals surface area contributed by atoms with Gasteiger partial charge in [-0.05, 0) is 13.0 Å². The smallest absolute Gasteiger partial charge is 0.380 e. The van der Waals surface area contributed by atoms with Crippen molar-refractivity contribution in [2.24, 2.45) is 0 Å². The Kier molecular flexibility index (Phi) is 6.02. The van der Waals surface area contributed by atoms with Crippen LogP contribution in [0.1, 0.15) is 12.5 Å². The third-order valence-electron chi connectivity index (χ3n) is 3.67. The summed E-state index contributed by atoms with van der Waals surface area (Å²) in [4.78, 5) is 3.74. The van der Waals surface area contributed by atoms with Crippen LogP contribution in [0.3, 0.4) is 0 Å². The Morgan fingerprint density at radius 1 is 1.36 bits per heavy atom. The molecule has 0 bridgehead atoms. The SMILES string of the molecule is COP(=O)(OC)O[C@H](C)[C@](O)(Cn1cncn1)c1ccc(F)cc1F. The van der Waals surface area contributed by atoms with Crippen molar-refractivity contribution in [3.05, 3.63) is 48.1 Å². The first kappa shape index (κ1) is 19.6. The molecule has 1 heterocycles. The van der Waals surface area contributed by atoms with E-state index in [4.69, 9.17) is 4.52 Å². The number of hydrogen-bond acceptors (Lipinski definition) is 7. The average Bonchev–Trinajstić information content (AvgIpc) is 3.07. The predicted octanol–water partition coefficient (Wildman–Crippen LogP) is 2.25. The van der Waals surface area contributed by atoms with Crippen LogP contribution in [0.25, 0.3) is 0 Å². The van der Waals surface area contributed by atoms with E-state index in [1.807, 2.05) is 0 Å². The fourth-order valence-electron chi connectivity index (χ4n) is 2.28. The van der Waals surface area contributed by atoms with Crippen LogP contribution in [0.4, 0.5) is 8.78 Å². The molecule has 0 aliphatic carbocycles. The quantitative estimate of drug-likeness (QED) is 0.705. The molecule has 0 unspecified atom stereocenters. The number of aromatic nitrogens is 3. The van der Waals surface area contributed by atoms with Gasteiger partial charge in [0.15, 0.2) is 0 Å². The summed E-state index contributed by atoms with van der Waals surface area (Å²) in [5, 5.41) is 15.0. The molecule has 0 fully saturated rings. The van der Waals surface area contributed by atoms with Crippen LogP contribution in [-0.4, -0.2) is 40.2 Å². The maximum atomic E-state index is 14.3. The fourth-order valence-corrected chi connectivity index (χ4v) is 3.16. The molecule has 0 radical (unpaired) electrons. The third kappa shape index (κ3) is 4.28. The highest BCUT2D eigenvalue weighted by Crippen LogP contribution is 2.51. The van der Waals surface area contributed by atoms with Crippen LogP contribution in [-0.2, 0) is 30.3 Å². The van der Waals surface area contributed by atoms with Gasteiger partial charge in [-0.3, -0.25) is 13.6 Å². The second kappa shape index (κ2) is 7.67. The van der Waals surface area contributed by atoms with Crippen molar-refractivity contribution in [2.45, 2.75) is 25.2 Å². The normalized spacial score (nSPS) is 15.8. The molecular formula is C14H18F2N3O5P. The lowest BCUT2D eigenvalue weighted by Crippen LogP contribution is -2.44. The van der Waals surface area contributed by atoms with Crippen LogP contribution in [0.15, 0.2) is 30.9 Å². The van der Waals surface area contributed by atoms with Crippen molar-refractivity contribution in [3.63, 3.8) is 0 Å². The van der Waals surface area contributed by atoms with E-state index in [9.17, 15) is 18.5 Å². The number of rotatable bonds is 8. The summed E-state index contributed by atoms with van der Waals surface area (Å²) in [6.45, 7) is 1.05. The van der Waals surface area contributed by atoms with E-state index >= 15 is 0 Å². The Bertz CT molecular complexity index is 753. The molecular weight excluding hydrogens is 359 g/mol. The lowest BCUT2D eigenvalue weighted by Gasteiger charge is -2.35. The van der Waals surface area contributed by atoms with Gasteiger partial charge in [-0.1, -0.05) is 6.07 Å². The molecule has 2 aromatic rings. The molecule has 2 rings (SSSR count). The first-order valence-electron chi connectivity index (χ1n) is 7.14. The van der Waals surface area contributed by atoms with E-state index in [0.717, 1.165) is 26.4 Å². The van der Waals surface area contributed by atoms with E-state index < -0.39 is 31.2 Å². The number of phosphoric ester groups is 1. The van der Waals surface area contributed by atoms with E-state index in [0.29, 0.717) is 6.07 Å². The molecule has 1 aromatic carbocycles.